The molecule has 1 aromatic rings. The Balaban J connectivity index is 2.07. The molecule has 1 amide bonds. The van der Waals surface area contributed by atoms with Gasteiger partial charge in [0.25, 0.3) is 0 Å². The lowest BCUT2D eigenvalue weighted by molar-refractivity contribution is -0.130. The zero-order valence-corrected chi connectivity index (χ0v) is 9.43. The molecule has 1 fully saturated rings. The summed E-state index contributed by atoms with van der Waals surface area (Å²) in [6, 6.07) is 0. The Kier molecular flexibility index (Phi) is 3.60. The molecule has 0 atom stereocenters. The fourth-order valence-electron chi connectivity index (χ4n) is 1.83. The van der Waals surface area contributed by atoms with Crippen LogP contribution in [-0.4, -0.2) is 40.8 Å². The van der Waals surface area contributed by atoms with Crippen LogP contribution in [-0.2, 0) is 9.53 Å². The molecule has 0 unspecified atom stereocenters. The summed E-state index contributed by atoms with van der Waals surface area (Å²) < 4.78 is 5.25. The highest BCUT2D eigenvalue weighted by Crippen LogP contribution is 2.30. The molecule has 0 bridgehead atoms. The molecule has 92 valence electrons. The summed E-state index contributed by atoms with van der Waals surface area (Å²) in [6.07, 6.45) is 4.16. The van der Waals surface area contributed by atoms with E-state index in [1.54, 1.807) is 0 Å². The van der Waals surface area contributed by atoms with Crippen molar-refractivity contribution in [3.05, 3.63) is 12.4 Å². The van der Waals surface area contributed by atoms with Crippen molar-refractivity contribution in [1.29, 1.82) is 0 Å². The van der Waals surface area contributed by atoms with Gasteiger partial charge < -0.3 is 10.5 Å². The average Bonchev–Trinajstić information content (AvgIpc) is 2.40. The van der Waals surface area contributed by atoms with Gasteiger partial charge in [0, 0.05) is 19.8 Å². The third-order valence-corrected chi connectivity index (χ3v) is 3.03. The number of ether oxygens (including phenoxy) is 1. The van der Waals surface area contributed by atoms with Crippen LogP contribution in [0.25, 0.3) is 0 Å². The maximum Gasteiger partial charge on any atom is 0.249 e. The third-order valence-electron chi connectivity index (χ3n) is 3.03. The van der Waals surface area contributed by atoms with Gasteiger partial charge in [-0.1, -0.05) is 0 Å². The van der Waals surface area contributed by atoms with Crippen LogP contribution in [0.3, 0.4) is 0 Å². The molecule has 0 radical (unpaired) electrons. The lowest BCUT2D eigenvalue weighted by Crippen LogP contribution is -2.46. The number of hydrogen-bond donors (Lipinski definition) is 2. The third kappa shape index (κ3) is 2.56. The van der Waals surface area contributed by atoms with Crippen molar-refractivity contribution in [3.63, 3.8) is 0 Å². The van der Waals surface area contributed by atoms with Crippen molar-refractivity contribution >= 4 is 11.9 Å². The van der Waals surface area contributed by atoms with E-state index >= 15 is 0 Å². The van der Waals surface area contributed by atoms with E-state index in [9.17, 15) is 4.79 Å². The van der Waals surface area contributed by atoms with Gasteiger partial charge in [0.2, 0.25) is 11.9 Å². The number of nitrogens with one attached hydrogen (secondary N) is 1. The second-order valence-electron chi connectivity index (χ2n) is 4.02. The Morgan fingerprint density at radius 1 is 1.47 bits per heavy atom. The minimum absolute atomic E-state index is 0.156. The number of aromatic nitrogens is 3. The molecule has 1 aliphatic rings. The molecule has 7 nitrogen and oxygen atoms in total. The monoisotopic (exact) mass is 237 g/mol. The van der Waals surface area contributed by atoms with Crippen LogP contribution in [0.2, 0.25) is 0 Å². The highest BCUT2D eigenvalue weighted by molar-refractivity contribution is 5.94. The Bertz CT molecular complexity index is 378. The zero-order chi connectivity index (χ0) is 12.1. The molecular weight excluding hydrogens is 222 g/mol. The van der Waals surface area contributed by atoms with Crippen LogP contribution in [0.4, 0.5) is 5.95 Å². The SMILES string of the molecule is NCC1(C(=O)Nc2nccnn2)CCOCC1. The second-order valence-corrected chi connectivity index (χ2v) is 4.02. The number of nitrogens with zero attached hydrogens (tertiary/aromatic N) is 3. The van der Waals surface area contributed by atoms with E-state index in [0.29, 0.717) is 32.6 Å². The summed E-state index contributed by atoms with van der Waals surface area (Å²) in [5.41, 5.74) is 5.15. The predicted octanol–water partition coefficient (Wildman–Crippen LogP) is -0.434. The fraction of sp³-hybridized carbons (Fsp3) is 0.600. The maximum absolute atomic E-state index is 12.2. The fourth-order valence-corrected chi connectivity index (χ4v) is 1.83. The van der Waals surface area contributed by atoms with Gasteiger partial charge in [-0.05, 0) is 12.8 Å². The van der Waals surface area contributed by atoms with Gasteiger partial charge in [-0.2, -0.15) is 5.10 Å². The van der Waals surface area contributed by atoms with Crippen molar-refractivity contribution < 1.29 is 9.53 Å². The van der Waals surface area contributed by atoms with Gasteiger partial charge in [0.15, 0.2) is 0 Å². The number of anilines is 1. The minimum atomic E-state index is -0.572. The highest BCUT2D eigenvalue weighted by Gasteiger charge is 2.39. The second kappa shape index (κ2) is 5.15. The quantitative estimate of drug-likeness (QED) is 0.739. The lowest BCUT2D eigenvalue weighted by atomic mass is 9.79. The first-order chi connectivity index (χ1) is 8.27. The van der Waals surface area contributed by atoms with Gasteiger partial charge in [-0.3, -0.25) is 10.1 Å². The Labute approximate surface area is 98.8 Å². The summed E-state index contributed by atoms with van der Waals surface area (Å²) >= 11 is 0. The van der Waals surface area contributed by atoms with Crippen molar-refractivity contribution in [2.45, 2.75) is 12.8 Å². The smallest absolute Gasteiger partial charge is 0.249 e. The van der Waals surface area contributed by atoms with Gasteiger partial charge in [-0.25, -0.2) is 4.98 Å². The summed E-state index contributed by atoms with van der Waals surface area (Å²) in [6.45, 7) is 1.40. The first kappa shape index (κ1) is 11.9. The van der Waals surface area contributed by atoms with Crippen molar-refractivity contribution in [2.24, 2.45) is 11.1 Å². The molecular formula is C10H15N5O2. The highest BCUT2D eigenvalue weighted by atomic mass is 16.5. The zero-order valence-electron chi connectivity index (χ0n) is 9.43. The standard InChI is InChI=1S/C10H15N5O2/c11-7-10(1-5-17-6-2-10)8(16)14-9-12-3-4-13-15-9/h3-4H,1-2,5-7,11H2,(H,12,14,15,16). The summed E-state index contributed by atoms with van der Waals surface area (Å²) in [5, 5.41) is 10.0. The molecule has 0 saturated carbocycles. The van der Waals surface area contributed by atoms with Crippen molar-refractivity contribution in [3.8, 4) is 0 Å². The molecule has 2 rings (SSSR count). The van der Waals surface area contributed by atoms with Gasteiger partial charge >= 0.3 is 0 Å². The van der Waals surface area contributed by atoms with Crippen molar-refractivity contribution in [1.82, 2.24) is 15.2 Å². The number of carbonyl (C=O) groups is 1. The molecule has 1 aliphatic heterocycles. The number of rotatable bonds is 3. The minimum Gasteiger partial charge on any atom is -0.381 e. The Hall–Kier alpha value is -1.60. The topological polar surface area (TPSA) is 103 Å². The summed E-state index contributed by atoms with van der Waals surface area (Å²) in [4.78, 5) is 16.1. The maximum atomic E-state index is 12.2. The van der Waals surface area contributed by atoms with E-state index in [4.69, 9.17) is 10.5 Å². The molecule has 7 heteroatoms. The molecule has 1 saturated heterocycles. The molecule has 1 aromatic heterocycles. The molecule has 3 N–H and O–H groups in total. The number of hydrogen-bond acceptors (Lipinski definition) is 6. The van der Waals surface area contributed by atoms with Crippen LogP contribution in [0, 0.1) is 5.41 Å². The molecule has 0 aromatic carbocycles. The first-order valence-electron chi connectivity index (χ1n) is 5.50. The van der Waals surface area contributed by atoms with E-state index in [0.717, 1.165) is 0 Å². The van der Waals surface area contributed by atoms with E-state index < -0.39 is 5.41 Å². The number of carbonyl (C=O) groups excluding carboxylic acids is 1. The van der Waals surface area contributed by atoms with Gasteiger partial charge in [0.05, 0.1) is 17.8 Å². The number of amides is 1. The molecule has 0 aliphatic carbocycles. The first-order valence-corrected chi connectivity index (χ1v) is 5.50. The largest absolute Gasteiger partial charge is 0.381 e. The van der Waals surface area contributed by atoms with Crippen LogP contribution in [0.15, 0.2) is 12.4 Å². The lowest BCUT2D eigenvalue weighted by Gasteiger charge is -2.34. The van der Waals surface area contributed by atoms with Gasteiger partial charge in [0.1, 0.15) is 0 Å². The average molecular weight is 237 g/mol. The van der Waals surface area contributed by atoms with E-state index in [1.807, 2.05) is 0 Å². The normalized spacial score (nSPS) is 18.6. The van der Waals surface area contributed by atoms with Crippen LogP contribution in [0.1, 0.15) is 12.8 Å². The summed E-state index contributed by atoms with van der Waals surface area (Å²) in [5.74, 6) is 0.0492. The van der Waals surface area contributed by atoms with Gasteiger partial charge in [-0.15, -0.1) is 5.10 Å². The van der Waals surface area contributed by atoms with Crippen LogP contribution >= 0.6 is 0 Å². The Morgan fingerprint density at radius 3 is 2.82 bits per heavy atom. The summed E-state index contributed by atoms with van der Waals surface area (Å²) in [7, 11) is 0. The van der Waals surface area contributed by atoms with E-state index in [1.165, 1.54) is 12.4 Å². The molecule has 2 heterocycles. The predicted molar refractivity (Wildman–Crippen MR) is 60.0 cm³/mol. The van der Waals surface area contributed by atoms with E-state index in [-0.39, 0.29) is 11.9 Å². The van der Waals surface area contributed by atoms with Crippen LogP contribution < -0.4 is 11.1 Å². The molecule has 17 heavy (non-hydrogen) atoms. The van der Waals surface area contributed by atoms with Crippen LogP contribution in [0.5, 0.6) is 0 Å². The number of nitrogens with two attached hydrogens (primary N) is 1. The van der Waals surface area contributed by atoms with Crippen molar-refractivity contribution in [2.75, 3.05) is 25.1 Å². The Morgan fingerprint density at radius 2 is 2.24 bits per heavy atom. The van der Waals surface area contributed by atoms with E-state index in [2.05, 4.69) is 20.5 Å². The molecule has 0 spiro atoms.